The van der Waals surface area contributed by atoms with E-state index in [-0.39, 0.29) is 38.0 Å². The van der Waals surface area contributed by atoms with Gasteiger partial charge in [0.1, 0.15) is 24.3 Å². The first kappa shape index (κ1) is 40.4. The summed E-state index contributed by atoms with van der Waals surface area (Å²) < 4.78 is 10.6. The minimum absolute atomic E-state index is 0.0228. The molecule has 1 heterocycles. The van der Waals surface area contributed by atoms with Crippen LogP contribution in [0, 0.1) is 5.92 Å². The smallest absolute Gasteiger partial charge is 0.407 e. The van der Waals surface area contributed by atoms with Crippen LogP contribution in [0.5, 0.6) is 0 Å². The standard InChI is InChI=1S/C34H50N6O9/c1-22(2)30(38-26(41)16-19-40-27(42)14-15-28(40)43)32(46)36-23(3)31(45)37-25-12-10-24(11-13-25)21-48-33(47)35-17-8-9-18-39(7)20-29(44)49-34(4,5)6/h10-15,22-23,30H,8-9,16-21H2,1-7H3,(H,35,47)(H,36,46)(H,37,45)(H,38,41)/t23-,30-/m0/s1. The summed E-state index contributed by atoms with van der Waals surface area (Å²) in [5, 5.41) is 10.6. The van der Waals surface area contributed by atoms with Gasteiger partial charge in [0.25, 0.3) is 11.8 Å². The first-order valence-electron chi connectivity index (χ1n) is 16.3. The van der Waals surface area contributed by atoms with Crippen LogP contribution in [0.3, 0.4) is 0 Å². The van der Waals surface area contributed by atoms with Gasteiger partial charge >= 0.3 is 12.1 Å². The molecule has 0 aromatic heterocycles. The zero-order valence-corrected chi connectivity index (χ0v) is 29.4. The van der Waals surface area contributed by atoms with Crippen LogP contribution in [-0.2, 0) is 44.8 Å². The number of nitrogens with one attached hydrogen (secondary N) is 4. The second-order valence-corrected chi connectivity index (χ2v) is 13.2. The predicted molar refractivity (Wildman–Crippen MR) is 181 cm³/mol. The molecule has 0 radical (unpaired) electrons. The largest absolute Gasteiger partial charge is 0.459 e. The molecule has 15 heteroatoms. The van der Waals surface area contributed by atoms with E-state index in [1.807, 2.05) is 32.7 Å². The van der Waals surface area contributed by atoms with Gasteiger partial charge in [-0.05, 0) is 77.7 Å². The number of benzene rings is 1. The molecule has 15 nitrogen and oxygen atoms in total. The highest BCUT2D eigenvalue weighted by atomic mass is 16.6. The lowest BCUT2D eigenvalue weighted by molar-refractivity contribution is -0.155. The fourth-order valence-electron chi connectivity index (χ4n) is 4.52. The van der Waals surface area contributed by atoms with E-state index in [9.17, 15) is 33.6 Å². The summed E-state index contributed by atoms with van der Waals surface area (Å²) in [6.07, 6.45) is 3.01. The number of carbonyl (C=O) groups is 7. The monoisotopic (exact) mass is 686 g/mol. The van der Waals surface area contributed by atoms with Crippen molar-refractivity contribution in [2.45, 2.75) is 85.1 Å². The van der Waals surface area contributed by atoms with E-state index in [0.717, 1.165) is 23.5 Å². The van der Waals surface area contributed by atoms with Gasteiger partial charge in [-0.1, -0.05) is 26.0 Å². The second kappa shape index (κ2) is 19.3. The van der Waals surface area contributed by atoms with Gasteiger partial charge in [0.2, 0.25) is 17.7 Å². The molecule has 1 aromatic carbocycles. The highest BCUT2D eigenvalue weighted by molar-refractivity contribution is 6.13. The summed E-state index contributed by atoms with van der Waals surface area (Å²) in [6, 6.07) is 4.78. The van der Waals surface area contributed by atoms with Crippen LogP contribution < -0.4 is 21.3 Å². The number of alkyl carbamates (subject to hydrolysis) is 1. The number of imide groups is 1. The molecule has 6 amide bonds. The molecule has 0 aliphatic carbocycles. The number of esters is 1. The topological polar surface area (TPSA) is 193 Å². The minimum Gasteiger partial charge on any atom is -0.459 e. The summed E-state index contributed by atoms with van der Waals surface area (Å²) in [5.41, 5.74) is 0.639. The first-order valence-corrected chi connectivity index (χ1v) is 16.3. The Morgan fingerprint density at radius 1 is 0.898 bits per heavy atom. The van der Waals surface area contributed by atoms with E-state index in [2.05, 4.69) is 21.3 Å². The van der Waals surface area contributed by atoms with Crippen molar-refractivity contribution in [1.82, 2.24) is 25.8 Å². The van der Waals surface area contributed by atoms with Crippen LogP contribution in [-0.4, -0.2) is 102 Å². The van der Waals surface area contributed by atoms with Crippen LogP contribution >= 0.6 is 0 Å². The number of rotatable bonds is 18. The lowest BCUT2D eigenvalue weighted by atomic mass is 10.0. The lowest BCUT2D eigenvalue weighted by Gasteiger charge is -2.24. The number of ether oxygens (including phenoxy) is 2. The Morgan fingerprint density at radius 3 is 2.12 bits per heavy atom. The van der Waals surface area contributed by atoms with Crippen LogP contribution in [0.2, 0.25) is 0 Å². The summed E-state index contributed by atoms with van der Waals surface area (Å²) in [7, 11) is 1.84. The van der Waals surface area contributed by atoms with Gasteiger partial charge in [-0.3, -0.25) is 38.6 Å². The normalized spacial score (nSPS) is 14.0. The second-order valence-electron chi connectivity index (χ2n) is 13.2. The fourth-order valence-corrected chi connectivity index (χ4v) is 4.52. The Morgan fingerprint density at radius 2 is 1.53 bits per heavy atom. The Balaban J connectivity index is 1.69. The number of hydrogen-bond donors (Lipinski definition) is 4. The molecule has 0 saturated heterocycles. The maximum atomic E-state index is 12.9. The fraction of sp³-hybridized carbons (Fsp3) is 0.559. The third-order valence-electron chi connectivity index (χ3n) is 7.13. The molecule has 0 fully saturated rings. The van der Waals surface area contributed by atoms with E-state index >= 15 is 0 Å². The Kier molecular flexibility index (Phi) is 15.9. The van der Waals surface area contributed by atoms with Crippen molar-refractivity contribution < 1.29 is 43.0 Å². The summed E-state index contributed by atoms with van der Waals surface area (Å²) in [4.78, 5) is 88.3. The molecule has 0 bridgehead atoms. The number of amides is 6. The summed E-state index contributed by atoms with van der Waals surface area (Å²) in [5.74, 6) is -3.14. The van der Waals surface area contributed by atoms with Crippen LogP contribution in [0.4, 0.5) is 10.5 Å². The lowest BCUT2D eigenvalue weighted by Crippen LogP contribution is -2.54. The van der Waals surface area contributed by atoms with Crippen LogP contribution in [0.1, 0.15) is 66.4 Å². The molecule has 1 aliphatic heterocycles. The highest BCUT2D eigenvalue weighted by Crippen LogP contribution is 2.12. The SMILES string of the molecule is CC(C)[C@H](NC(=O)CCN1C(=O)C=CC1=O)C(=O)N[C@@H](C)C(=O)Nc1ccc(COC(=O)NCCCCN(C)CC(=O)OC(C)(C)C)cc1. The van der Waals surface area contributed by atoms with Crippen LogP contribution in [0.25, 0.3) is 0 Å². The zero-order chi connectivity index (χ0) is 36.7. The van der Waals surface area contributed by atoms with Crippen molar-refractivity contribution >= 4 is 47.3 Å². The van der Waals surface area contributed by atoms with Gasteiger partial charge in [-0.15, -0.1) is 0 Å². The number of nitrogens with zero attached hydrogens (tertiary/aromatic N) is 2. The van der Waals surface area contributed by atoms with Crippen molar-refractivity contribution in [3.63, 3.8) is 0 Å². The van der Waals surface area contributed by atoms with Gasteiger partial charge in [-0.2, -0.15) is 0 Å². The van der Waals surface area contributed by atoms with E-state index < -0.39 is 53.3 Å². The van der Waals surface area contributed by atoms with Crippen molar-refractivity contribution in [1.29, 1.82) is 0 Å². The summed E-state index contributed by atoms with van der Waals surface area (Å²) in [6.45, 7) is 11.6. The number of likely N-dealkylation sites (N-methyl/N-ethyl adjacent to an activating group) is 1. The van der Waals surface area contributed by atoms with E-state index in [1.54, 1.807) is 38.1 Å². The minimum atomic E-state index is -0.945. The van der Waals surface area contributed by atoms with E-state index in [1.165, 1.54) is 6.92 Å². The molecule has 1 aromatic rings. The van der Waals surface area contributed by atoms with Gasteiger partial charge in [0.15, 0.2) is 0 Å². The molecule has 2 atom stereocenters. The summed E-state index contributed by atoms with van der Waals surface area (Å²) >= 11 is 0. The molecule has 270 valence electrons. The molecule has 0 spiro atoms. The average molecular weight is 687 g/mol. The zero-order valence-electron chi connectivity index (χ0n) is 29.4. The Bertz CT molecular complexity index is 1350. The number of unbranched alkanes of at least 4 members (excludes halogenated alkanes) is 1. The van der Waals surface area contributed by atoms with Gasteiger partial charge in [0.05, 0.1) is 6.54 Å². The number of carbonyl (C=O) groups excluding carboxylic acids is 7. The number of hydrogen-bond acceptors (Lipinski definition) is 10. The van der Waals surface area contributed by atoms with E-state index in [4.69, 9.17) is 9.47 Å². The molecular weight excluding hydrogens is 636 g/mol. The first-order chi connectivity index (χ1) is 22.9. The van der Waals surface area contributed by atoms with Crippen molar-refractivity contribution in [2.75, 3.05) is 38.5 Å². The quantitative estimate of drug-likeness (QED) is 0.101. The van der Waals surface area contributed by atoms with Crippen molar-refractivity contribution in [3.05, 3.63) is 42.0 Å². The molecular formula is C34H50N6O9. The highest BCUT2D eigenvalue weighted by Gasteiger charge is 2.28. The Hall–Kier alpha value is -4.79. The Labute approximate surface area is 287 Å². The molecule has 2 rings (SSSR count). The van der Waals surface area contributed by atoms with Gasteiger partial charge in [0, 0.05) is 37.3 Å². The van der Waals surface area contributed by atoms with Crippen molar-refractivity contribution in [2.24, 2.45) is 5.92 Å². The number of anilines is 1. The van der Waals surface area contributed by atoms with Crippen molar-refractivity contribution in [3.8, 4) is 0 Å². The maximum absolute atomic E-state index is 12.9. The molecule has 0 unspecified atom stereocenters. The third kappa shape index (κ3) is 15.3. The molecule has 49 heavy (non-hydrogen) atoms. The molecule has 4 N–H and O–H groups in total. The van der Waals surface area contributed by atoms with E-state index in [0.29, 0.717) is 30.8 Å². The van der Waals surface area contributed by atoms with Gasteiger partial charge in [-0.25, -0.2) is 4.79 Å². The third-order valence-corrected chi connectivity index (χ3v) is 7.13. The average Bonchev–Trinajstić information content (AvgIpc) is 3.33. The molecule has 0 saturated carbocycles. The molecule has 1 aliphatic rings. The maximum Gasteiger partial charge on any atom is 0.407 e. The predicted octanol–water partition coefficient (Wildman–Crippen LogP) is 1.87. The van der Waals surface area contributed by atoms with Gasteiger partial charge < -0.3 is 30.7 Å². The van der Waals surface area contributed by atoms with Crippen LogP contribution in [0.15, 0.2) is 36.4 Å².